The van der Waals surface area contributed by atoms with Gasteiger partial charge in [0, 0.05) is 18.2 Å². The van der Waals surface area contributed by atoms with Crippen molar-refractivity contribution < 1.29 is 13.6 Å². The number of halogens is 3. The molecule has 1 amide bonds. The molecule has 0 bridgehead atoms. The number of hydrogen-bond acceptors (Lipinski definition) is 2. The monoisotopic (exact) mass is 354 g/mol. The van der Waals surface area contributed by atoms with Crippen molar-refractivity contribution in [1.29, 1.82) is 0 Å². The van der Waals surface area contributed by atoms with Crippen LogP contribution in [0.25, 0.3) is 0 Å². The minimum absolute atomic E-state index is 0.0778. The van der Waals surface area contributed by atoms with E-state index in [0.717, 1.165) is 12.1 Å². The quantitative estimate of drug-likeness (QED) is 0.645. The highest BCUT2D eigenvalue weighted by molar-refractivity contribution is 14.1. The summed E-state index contributed by atoms with van der Waals surface area (Å²) in [5.74, 6) is -1.68. The first-order valence-corrected chi connectivity index (χ1v) is 6.18. The van der Waals surface area contributed by atoms with E-state index in [0.29, 0.717) is 6.42 Å². The van der Waals surface area contributed by atoms with Gasteiger partial charge in [0.05, 0.1) is 3.57 Å². The lowest BCUT2D eigenvalue weighted by Gasteiger charge is -2.08. The van der Waals surface area contributed by atoms with Crippen molar-refractivity contribution in [1.82, 2.24) is 0 Å². The van der Waals surface area contributed by atoms with Crippen LogP contribution in [0.1, 0.15) is 19.8 Å². The van der Waals surface area contributed by atoms with Crippen LogP contribution >= 0.6 is 22.6 Å². The van der Waals surface area contributed by atoms with E-state index in [9.17, 15) is 13.6 Å². The molecule has 0 aliphatic heterocycles. The average molecular weight is 354 g/mol. The Labute approximate surface area is 112 Å². The van der Waals surface area contributed by atoms with Gasteiger partial charge < -0.3 is 11.1 Å². The first kappa shape index (κ1) is 14.3. The molecule has 0 fully saturated rings. The van der Waals surface area contributed by atoms with E-state index >= 15 is 0 Å². The van der Waals surface area contributed by atoms with Gasteiger partial charge in [-0.1, -0.05) is 0 Å². The molecule has 6 heteroatoms. The van der Waals surface area contributed by atoms with Crippen LogP contribution in [0.15, 0.2) is 12.1 Å². The summed E-state index contributed by atoms with van der Waals surface area (Å²) in [6.07, 6.45) is 0.758. The molecule has 17 heavy (non-hydrogen) atoms. The lowest BCUT2D eigenvalue weighted by molar-refractivity contribution is -0.116. The summed E-state index contributed by atoms with van der Waals surface area (Å²) in [7, 11) is 0. The van der Waals surface area contributed by atoms with E-state index in [4.69, 9.17) is 5.73 Å². The van der Waals surface area contributed by atoms with Gasteiger partial charge in [-0.3, -0.25) is 4.79 Å². The molecule has 0 radical (unpaired) electrons. The molecule has 3 nitrogen and oxygen atoms in total. The standard InChI is InChI=1S/C11H13F2IN2O/c1-6(15)2-3-10(17)16-7-4-8(12)11(14)9(13)5-7/h4-6H,2-3,15H2,1H3,(H,16,17). The summed E-state index contributed by atoms with van der Waals surface area (Å²) >= 11 is 1.57. The number of carbonyl (C=O) groups excluding carboxylic acids is 1. The second-order valence-corrected chi connectivity index (χ2v) is 4.90. The molecule has 0 spiro atoms. The van der Waals surface area contributed by atoms with Gasteiger partial charge in [0.25, 0.3) is 0 Å². The first-order chi connectivity index (χ1) is 7.90. The van der Waals surface area contributed by atoms with Gasteiger partial charge in [-0.2, -0.15) is 0 Å². The molecule has 3 N–H and O–H groups in total. The Bertz CT molecular complexity index is 401. The van der Waals surface area contributed by atoms with Crippen molar-refractivity contribution >= 4 is 34.2 Å². The summed E-state index contributed by atoms with van der Waals surface area (Å²) in [5.41, 5.74) is 5.62. The maximum atomic E-state index is 13.2. The third-order valence-corrected chi connectivity index (χ3v) is 3.12. The van der Waals surface area contributed by atoms with Crippen molar-refractivity contribution in [2.75, 3.05) is 5.32 Å². The van der Waals surface area contributed by atoms with Crippen LogP contribution in [0.3, 0.4) is 0 Å². The van der Waals surface area contributed by atoms with Gasteiger partial charge in [-0.25, -0.2) is 8.78 Å². The molecule has 1 atom stereocenters. The largest absolute Gasteiger partial charge is 0.328 e. The predicted octanol–water partition coefficient (Wildman–Crippen LogP) is 2.64. The Hall–Kier alpha value is -0.760. The van der Waals surface area contributed by atoms with Crippen LogP contribution in [0, 0.1) is 15.2 Å². The van der Waals surface area contributed by atoms with E-state index in [-0.39, 0.29) is 27.6 Å². The van der Waals surface area contributed by atoms with Gasteiger partial charge in [0.1, 0.15) is 11.6 Å². The van der Waals surface area contributed by atoms with Gasteiger partial charge in [0.2, 0.25) is 5.91 Å². The Morgan fingerprint density at radius 1 is 1.47 bits per heavy atom. The Morgan fingerprint density at radius 3 is 2.47 bits per heavy atom. The molecular formula is C11H13F2IN2O. The molecule has 1 aromatic rings. The zero-order valence-corrected chi connectivity index (χ0v) is 11.4. The number of amides is 1. The number of anilines is 1. The second-order valence-electron chi connectivity index (χ2n) is 3.82. The highest BCUT2D eigenvalue weighted by Crippen LogP contribution is 2.20. The number of rotatable bonds is 4. The van der Waals surface area contributed by atoms with Crippen LogP contribution in [0.2, 0.25) is 0 Å². The average Bonchev–Trinajstić information content (AvgIpc) is 2.23. The molecule has 1 rings (SSSR count). The molecule has 1 aromatic carbocycles. The summed E-state index contributed by atoms with van der Waals surface area (Å²) < 4.78 is 26.3. The number of carbonyl (C=O) groups is 1. The number of benzene rings is 1. The minimum atomic E-state index is -0.687. The van der Waals surface area contributed by atoms with Gasteiger partial charge in [-0.05, 0) is 48.1 Å². The Balaban J connectivity index is 2.66. The molecule has 0 aliphatic rings. The molecule has 0 heterocycles. The predicted molar refractivity (Wildman–Crippen MR) is 70.6 cm³/mol. The first-order valence-electron chi connectivity index (χ1n) is 5.10. The lowest BCUT2D eigenvalue weighted by atomic mass is 10.2. The maximum Gasteiger partial charge on any atom is 0.224 e. The normalized spacial score (nSPS) is 12.3. The van der Waals surface area contributed by atoms with Crippen molar-refractivity contribution in [3.63, 3.8) is 0 Å². The van der Waals surface area contributed by atoms with Crippen LogP contribution in [0.4, 0.5) is 14.5 Å². The van der Waals surface area contributed by atoms with E-state index in [1.807, 2.05) is 0 Å². The number of hydrogen-bond donors (Lipinski definition) is 2. The number of nitrogens with two attached hydrogens (primary N) is 1. The van der Waals surface area contributed by atoms with Crippen molar-refractivity contribution in [2.24, 2.45) is 5.73 Å². The maximum absolute atomic E-state index is 13.2. The van der Waals surface area contributed by atoms with Crippen molar-refractivity contribution in [3.8, 4) is 0 Å². The van der Waals surface area contributed by atoms with Gasteiger partial charge in [0.15, 0.2) is 0 Å². The summed E-state index contributed by atoms with van der Waals surface area (Å²) in [6, 6.07) is 2.11. The molecule has 0 aliphatic carbocycles. The van der Waals surface area contributed by atoms with Crippen LogP contribution in [-0.2, 0) is 4.79 Å². The fourth-order valence-electron chi connectivity index (χ4n) is 1.21. The SMILES string of the molecule is CC(N)CCC(=O)Nc1cc(F)c(I)c(F)c1. The highest BCUT2D eigenvalue weighted by Gasteiger charge is 2.10. The minimum Gasteiger partial charge on any atom is -0.328 e. The summed E-state index contributed by atoms with van der Waals surface area (Å²) in [5, 5.41) is 2.43. The summed E-state index contributed by atoms with van der Waals surface area (Å²) in [6.45, 7) is 1.79. The molecule has 0 saturated heterocycles. The van der Waals surface area contributed by atoms with Crippen LogP contribution in [-0.4, -0.2) is 11.9 Å². The van der Waals surface area contributed by atoms with Crippen LogP contribution in [0.5, 0.6) is 0 Å². The van der Waals surface area contributed by atoms with Gasteiger partial charge in [-0.15, -0.1) is 0 Å². The molecule has 0 saturated carbocycles. The van der Waals surface area contributed by atoms with E-state index in [1.165, 1.54) is 0 Å². The van der Waals surface area contributed by atoms with E-state index in [1.54, 1.807) is 29.5 Å². The molecular weight excluding hydrogens is 341 g/mol. The van der Waals surface area contributed by atoms with Crippen LogP contribution < -0.4 is 11.1 Å². The zero-order valence-electron chi connectivity index (χ0n) is 9.27. The Morgan fingerprint density at radius 2 is 2.00 bits per heavy atom. The highest BCUT2D eigenvalue weighted by atomic mass is 127. The third kappa shape index (κ3) is 4.55. The van der Waals surface area contributed by atoms with Crippen molar-refractivity contribution in [3.05, 3.63) is 27.3 Å². The fraction of sp³-hybridized carbons (Fsp3) is 0.364. The molecule has 94 valence electrons. The smallest absolute Gasteiger partial charge is 0.224 e. The Kier molecular flexibility index (Phi) is 5.26. The number of nitrogens with one attached hydrogen (secondary N) is 1. The second kappa shape index (κ2) is 6.25. The summed E-state index contributed by atoms with van der Waals surface area (Å²) in [4.78, 5) is 11.4. The van der Waals surface area contributed by atoms with E-state index in [2.05, 4.69) is 5.32 Å². The molecule has 1 unspecified atom stereocenters. The van der Waals surface area contributed by atoms with Crippen molar-refractivity contribution in [2.45, 2.75) is 25.8 Å². The van der Waals surface area contributed by atoms with E-state index < -0.39 is 11.6 Å². The van der Waals surface area contributed by atoms with Gasteiger partial charge >= 0.3 is 0 Å². The topological polar surface area (TPSA) is 55.1 Å². The lowest BCUT2D eigenvalue weighted by Crippen LogP contribution is -2.19. The fourth-order valence-corrected chi connectivity index (χ4v) is 1.52. The third-order valence-electron chi connectivity index (χ3n) is 2.09. The molecule has 0 aromatic heterocycles. The zero-order chi connectivity index (χ0) is 13.0.